The highest BCUT2D eigenvalue weighted by Gasteiger charge is 2.27. The maximum Gasteiger partial charge on any atom is 0.0701 e. The zero-order valence-electron chi connectivity index (χ0n) is 19.0. The third kappa shape index (κ3) is 7.62. The lowest BCUT2D eigenvalue weighted by Crippen LogP contribution is -2.31. The summed E-state index contributed by atoms with van der Waals surface area (Å²) in [5, 5.41) is 4.89. The van der Waals surface area contributed by atoms with Crippen LogP contribution >= 0.6 is 23.2 Å². The van der Waals surface area contributed by atoms with Gasteiger partial charge in [0.2, 0.25) is 0 Å². The van der Waals surface area contributed by atoms with Crippen molar-refractivity contribution in [3.05, 3.63) is 63.1 Å². The number of halogens is 2. The molecule has 7 heteroatoms. The zero-order valence-corrected chi connectivity index (χ0v) is 20.6. The summed E-state index contributed by atoms with van der Waals surface area (Å²) in [4.78, 5) is 2.30. The van der Waals surface area contributed by atoms with E-state index < -0.39 is 0 Å². The van der Waals surface area contributed by atoms with Gasteiger partial charge in [-0.25, -0.2) is 0 Å². The molecular formula is C25H34Cl2N2O3. The maximum absolute atomic E-state index is 6.50. The van der Waals surface area contributed by atoms with Crippen molar-refractivity contribution in [3.8, 4) is 0 Å². The van der Waals surface area contributed by atoms with E-state index in [1.54, 1.807) is 0 Å². The molecule has 0 aliphatic carbocycles. The number of rotatable bonds is 13. The number of hydrogen-bond acceptors (Lipinski definition) is 5. The van der Waals surface area contributed by atoms with Gasteiger partial charge in [-0.2, -0.15) is 0 Å². The highest BCUT2D eigenvalue weighted by atomic mass is 35.5. The normalized spacial score (nSPS) is 16.2. The van der Waals surface area contributed by atoms with Gasteiger partial charge in [0.05, 0.1) is 33.0 Å². The summed E-state index contributed by atoms with van der Waals surface area (Å²) in [6, 6.07) is 12.5. The van der Waals surface area contributed by atoms with Gasteiger partial charge in [0.15, 0.2) is 0 Å². The van der Waals surface area contributed by atoms with Crippen LogP contribution in [0.4, 0.5) is 5.69 Å². The number of ether oxygens (including phenoxy) is 3. The van der Waals surface area contributed by atoms with Crippen LogP contribution in [-0.4, -0.2) is 64.7 Å². The number of hydrogen-bond donors (Lipinski definition) is 1. The molecule has 0 spiro atoms. The molecule has 0 aromatic heterocycles. The third-order valence-electron chi connectivity index (χ3n) is 5.45. The summed E-state index contributed by atoms with van der Waals surface area (Å²) in [7, 11) is 2.13. The molecule has 176 valence electrons. The van der Waals surface area contributed by atoms with Crippen LogP contribution in [0.15, 0.2) is 36.4 Å². The van der Waals surface area contributed by atoms with E-state index in [0.717, 1.165) is 43.4 Å². The minimum absolute atomic E-state index is 0.233. The van der Waals surface area contributed by atoms with Crippen molar-refractivity contribution in [3.63, 3.8) is 0 Å². The van der Waals surface area contributed by atoms with Crippen molar-refractivity contribution in [1.29, 1.82) is 0 Å². The van der Waals surface area contributed by atoms with E-state index in [9.17, 15) is 0 Å². The average molecular weight is 481 g/mol. The lowest BCUT2D eigenvalue weighted by atomic mass is 9.84. The molecular weight excluding hydrogens is 447 g/mol. The van der Waals surface area contributed by atoms with Crippen LogP contribution in [0.25, 0.3) is 0 Å². The molecule has 1 aliphatic heterocycles. The second-order valence-corrected chi connectivity index (χ2v) is 8.94. The molecule has 32 heavy (non-hydrogen) atoms. The quantitative estimate of drug-likeness (QED) is 0.386. The van der Waals surface area contributed by atoms with E-state index >= 15 is 0 Å². The standard InChI is InChI=1S/C25H34Cl2N2O3/c1-3-8-30-10-12-32-13-11-31-9-7-28-21-6-4-5-19(14-21)23-17-29(2)18-24-22(23)15-20(26)16-25(24)27/h4-6,14-16,23,28H,3,7-13,17-18H2,1-2H3. The van der Waals surface area contributed by atoms with Gasteiger partial charge in [0.1, 0.15) is 0 Å². The Bertz CT molecular complexity index is 850. The largest absolute Gasteiger partial charge is 0.383 e. The third-order valence-corrected chi connectivity index (χ3v) is 6.00. The van der Waals surface area contributed by atoms with Crippen molar-refractivity contribution < 1.29 is 14.2 Å². The van der Waals surface area contributed by atoms with Gasteiger partial charge in [-0.15, -0.1) is 0 Å². The van der Waals surface area contributed by atoms with Crippen LogP contribution in [0.1, 0.15) is 36.0 Å². The number of nitrogens with one attached hydrogen (secondary N) is 1. The molecule has 3 rings (SSSR count). The second kappa shape index (κ2) is 13.4. The Kier molecular flexibility index (Phi) is 10.6. The monoisotopic (exact) mass is 480 g/mol. The van der Waals surface area contributed by atoms with Crippen LogP contribution in [0.5, 0.6) is 0 Å². The van der Waals surface area contributed by atoms with Crippen LogP contribution < -0.4 is 5.32 Å². The predicted molar refractivity (Wildman–Crippen MR) is 132 cm³/mol. The predicted octanol–water partition coefficient (Wildman–Crippen LogP) is 5.44. The fourth-order valence-corrected chi connectivity index (χ4v) is 4.52. The molecule has 1 aliphatic rings. The van der Waals surface area contributed by atoms with Crippen molar-refractivity contribution in [2.45, 2.75) is 25.8 Å². The average Bonchev–Trinajstić information content (AvgIpc) is 2.78. The Hall–Kier alpha value is -1.34. The Morgan fingerprint density at radius 2 is 1.69 bits per heavy atom. The fraction of sp³-hybridized carbons (Fsp3) is 0.520. The second-order valence-electron chi connectivity index (χ2n) is 8.09. The maximum atomic E-state index is 6.50. The minimum Gasteiger partial charge on any atom is -0.383 e. The Morgan fingerprint density at radius 1 is 0.969 bits per heavy atom. The summed E-state index contributed by atoms with van der Waals surface area (Å²) >= 11 is 12.8. The van der Waals surface area contributed by atoms with Gasteiger partial charge in [0.25, 0.3) is 0 Å². The first-order valence-corrected chi connectivity index (χ1v) is 12.1. The van der Waals surface area contributed by atoms with Crippen LogP contribution in [0.3, 0.4) is 0 Å². The van der Waals surface area contributed by atoms with Crippen LogP contribution in [-0.2, 0) is 20.8 Å². The summed E-state index contributed by atoms with van der Waals surface area (Å²) in [5.41, 5.74) is 4.72. The molecule has 0 amide bonds. The van der Waals surface area contributed by atoms with E-state index in [-0.39, 0.29) is 5.92 Å². The number of nitrogens with zero attached hydrogens (tertiary/aromatic N) is 1. The number of fused-ring (bicyclic) bond motifs is 1. The first-order chi connectivity index (χ1) is 15.6. The zero-order chi connectivity index (χ0) is 22.8. The highest BCUT2D eigenvalue weighted by Crippen LogP contribution is 2.38. The molecule has 0 saturated carbocycles. The number of anilines is 1. The molecule has 1 heterocycles. The first kappa shape index (κ1) is 25.3. The van der Waals surface area contributed by atoms with Crippen molar-refractivity contribution >= 4 is 28.9 Å². The summed E-state index contributed by atoms with van der Waals surface area (Å²) in [6.45, 7) is 8.45. The minimum atomic E-state index is 0.233. The lowest BCUT2D eigenvalue weighted by molar-refractivity contribution is 0.0165. The van der Waals surface area contributed by atoms with Crippen molar-refractivity contribution in [2.24, 2.45) is 0 Å². The number of likely N-dealkylation sites (N-methyl/N-ethyl adjacent to an activating group) is 1. The number of benzene rings is 2. The molecule has 2 aromatic carbocycles. The molecule has 5 nitrogen and oxygen atoms in total. The van der Waals surface area contributed by atoms with Gasteiger partial charge >= 0.3 is 0 Å². The van der Waals surface area contributed by atoms with Gasteiger partial charge in [-0.3, -0.25) is 0 Å². The van der Waals surface area contributed by atoms with Crippen LogP contribution in [0, 0.1) is 0 Å². The molecule has 0 fully saturated rings. The van der Waals surface area contributed by atoms with E-state index in [1.165, 1.54) is 16.7 Å². The first-order valence-electron chi connectivity index (χ1n) is 11.3. The summed E-state index contributed by atoms with van der Waals surface area (Å²) in [5.74, 6) is 0.233. The molecule has 1 atom stereocenters. The van der Waals surface area contributed by atoms with Gasteiger partial charge in [0, 0.05) is 47.9 Å². The Balaban J connectivity index is 1.46. The van der Waals surface area contributed by atoms with Gasteiger partial charge in [-0.1, -0.05) is 42.3 Å². The van der Waals surface area contributed by atoms with Crippen LogP contribution in [0.2, 0.25) is 10.0 Å². The van der Waals surface area contributed by atoms with Gasteiger partial charge in [-0.05, 0) is 54.4 Å². The summed E-state index contributed by atoms with van der Waals surface area (Å²) in [6.07, 6.45) is 1.03. The SMILES string of the molecule is CCCOCCOCCOCCNc1cccc(C2CN(C)Cc3c(Cl)cc(Cl)cc32)c1. The molecule has 1 N–H and O–H groups in total. The molecule has 0 radical (unpaired) electrons. The summed E-state index contributed by atoms with van der Waals surface area (Å²) < 4.78 is 16.5. The van der Waals surface area contributed by atoms with Crippen molar-refractivity contribution in [2.75, 3.05) is 65.1 Å². The highest BCUT2D eigenvalue weighted by molar-refractivity contribution is 6.35. The molecule has 0 bridgehead atoms. The molecule has 0 saturated heterocycles. The van der Waals surface area contributed by atoms with Gasteiger partial charge < -0.3 is 24.4 Å². The Morgan fingerprint density at radius 3 is 2.44 bits per heavy atom. The lowest BCUT2D eigenvalue weighted by Gasteiger charge is -2.33. The van der Waals surface area contributed by atoms with E-state index in [4.69, 9.17) is 37.4 Å². The topological polar surface area (TPSA) is 43.0 Å². The Labute approximate surface area is 201 Å². The fourth-order valence-electron chi connectivity index (χ4n) is 3.95. The van der Waals surface area contributed by atoms with Crippen molar-refractivity contribution in [1.82, 2.24) is 4.90 Å². The van der Waals surface area contributed by atoms with E-state index in [0.29, 0.717) is 38.1 Å². The smallest absolute Gasteiger partial charge is 0.0701 e. The molecule has 1 unspecified atom stereocenters. The van der Waals surface area contributed by atoms with E-state index in [2.05, 4.69) is 54.5 Å². The van der Waals surface area contributed by atoms with E-state index in [1.807, 2.05) is 6.07 Å². The molecule has 2 aromatic rings.